The van der Waals surface area contributed by atoms with E-state index < -0.39 is 0 Å². The van der Waals surface area contributed by atoms with Crippen molar-refractivity contribution in [2.24, 2.45) is 0 Å². The van der Waals surface area contributed by atoms with Crippen molar-refractivity contribution >= 4 is 0 Å². The largest absolute Gasteiger partial charge is 0.115 e. The summed E-state index contributed by atoms with van der Waals surface area (Å²) in [5.74, 6) is 2.57. The van der Waals surface area contributed by atoms with Gasteiger partial charge in [-0.2, -0.15) is 0 Å². The highest BCUT2D eigenvalue weighted by molar-refractivity contribution is 5.34. The third-order valence-electron chi connectivity index (χ3n) is 1.18. The molecule has 0 unspecified atom stereocenters. The van der Waals surface area contributed by atoms with E-state index >= 15 is 0 Å². The van der Waals surface area contributed by atoms with Crippen molar-refractivity contribution in [2.45, 2.75) is 48.5 Å². The Labute approximate surface area is 96.7 Å². The molecule has 15 heavy (non-hydrogen) atoms. The highest BCUT2D eigenvalue weighted by Crippen LogP contribution is 2.00. The molecule has 0 aromatic heterocycles. The van der Waals surface area contributed by atoms with Crippen molar-refractivity contribution < 1.29 is 0 Å². The standard InChI is InChI=1S/C9H8.3C2H6/c1-3-9-6-4-5-8(2)7-9;3*1-2/h1,4-7H,2H3;3*1-2H3. The average molecular weight is 206 g/mol. The molecule has 0 heterocycles. The molecule has 1 rings (SSSR count). The Kier molecular flexibility index (Phi) is 23.9. The maximum absolute atomic E-state index is 5.17. The molecular formula is C15H26. The van der Waals surface area contributed by atoms with Crippen LogP contribution in [0.1, 0.15) is 52.7 Å². The first-order valence-electron chi connectivity index (χ1n) is 5.86. The van der Waals surface area contributed by atoms with Crippen LogP contribution >= 0.6 is 0 Å². The zero-order valence-electron chi connectivity index (χ0n) is 11.4. The van der Waals surface area contributed by atoms with Crippen LogP contribution in [0.3, 0.4) is 0 Å². The summed E-state index contributed by atoms with van der Waals surface area (Å²) >= 11 is 0. The van der Waals surface area contributed by atoms with Crippen molar-refractivity contribution in [3.63, 3.8) is 0 Å². The fourth-order valence-corrected chi connectivity index (χ4v) is 0.735. The molecule has 0 spiro atoms. The predicted molar refractivity (Wildman–Crippen MR) is 73.2 cm³/mol. The Hall–Kier alpha value is -1.22. The van der Waals surface area contributed by atoms with Crippen LogP contribution in [0, 0.1) is 19.3 Å². The summed E-state index contributed by atoms with van der Waals surface area (Å²) in [6, 6.07) is 7.90. The van der Waals surface area contributed by atoms with Gasteiger partial charge in [-0.25, -0.2) is 0 Å². The molecule has 1 aromatic rings. The van der Waals surface area contributed by atoms with Crippen molar-refractivity contribution in [3.05, 3.63) is 35.4 Å². The lowest BCUT2D eigenvalue weighted by Crippen LogP contribution is -1.73. The molecule has 0 aliphatic heterocycles. The van der Waals surface area contributed by atoms with Crippen LogP contribution in [-0.4, -0.2) is 0 Å². The minimum Gasteiger partial charge on any atom is -0.115 e. The van der Waals surface area contributed by atoms with Gasteiger partial charge in [-0.05, 0) is 24.6 Å². The van der Waals surface area contributed by atoms with Gasteiger partial charge in [0.05, 0.1) is 0 Å². The monoisotopic (exact) mass is 206 g/mol. The van der Waals surface area contributed by atoms with Gasteiger partial charge >= 0.3 is 0 Å². The van der Waals surface area contributed by atoms with Crippen molar-refractivity contribution in [1.29, 1.82) is 0 Å². The molecule has 86 valence electrons. The first-order valence-corrected chi connectivity index (χ1v) is 5.86. The van der Waals surface area contributed by atoms with Gasteiger partial charge in [-0.3, -0.25) is 0 Å². The van der Waals surface area contributed by atoms with Gasteiger partial charge in [0.2, 0.25) is 0 Å². The lowest BCUT2D eigenvalue weighted by molar-refractivity contribution is 1.46. The van der Waals surface area contributed by atoms with Gasteiger partial charge in [0.25, 0.3) is 0 Å². The van der Waals surface area contributed by atoms with E-state index in [9.17, 15) is 0 Å². The van der Waals surface area contributed by atoms with Gasteiger partial charge in [-0.1, -0.05) is 59.6 Å². The molecule has 0 bridgehead atoms. The number of benzene rings is 1. The molecule has 0 saturated carbocycles. The Morgan fingerprint density at radius 1 is 0.933 bits per heavy atom. The first-order chi connectivity index (χ1) is 7.33. The minimum absolute atomic E-state index is 0.954. The van der Waals surface area contributed by atoms with E-state index in [1.54, 1.807) is 0 Å². The second-order valence-electron chi connectivity index (χ2n) is 2.01. The summed E-state index contributed by atoms with van der Waals surface area (Å²) in [6.07, 6.45) is 5.17. The number of terminal acetylenes is 1. The van der Waals surface area contributed by atoms with E-state index in [4.69, 9.17) is 6.42 Å². The van der Waals surface area contributed by atoms with Crippen LogP contribution in [0.15, 0.2) is 24.3 Å². The maximum atomic E-state index is 5.17. The van der Waals surface area contributed by atoms with Gasteiger partial charge in [0.1, 0.15) is 0 Å². The van der Waals surface area contributed by atoms with E-state index in [0.29, 0.717) is 0 Å². The fourth-order valence-electron chi connectivity index (χ4n) is 0.735. The number of hydrogen-bond acceptors (Lipinski definition) is 0. The normalized spacial score (nSPS) is 6.27. The molecule has 0 aliphatic carbocycles. The number of hydrogen-bond donors (Lipinski definition) is 0. The molecule has 0 N–H and O–H groups in total. The van der Waals surface area contributed by atoms with Crippen LogP contribution in [0.2, 0.25) is 0 Å². The Bertz CT molecular complexity index is 240. The van der Waals surface area contributed by atoms with Gasteiger partial charge < -0.3 is 0 Å². The molecule has 1 aromatic carbocycles. The summed E-state index contributed by atoms with van der Waals surface area (Å²) in [4.78, 5) is 0. The highest BCUT2D eigenvalue weighted by atomic mass is 13.9. The van der Waals surface area contributed by atoms with Crippen LogP contribution in [-0.2, 0) is 0 Å². The van der Waals surface area contributed by atoms with E-state index in [1.807, 2.05) is 72.7 Å². The number of aryl methyl sites for hydroxylation is 1. The van der Waals surface area contributed by atoms with Gasteiger partial charge in [0, 0.05) is 5.56 Å². The van der Waals surface area contributed by atoms with Crippen LogP contribution in [0.4, 0.5) is 0 Å². The molecule has 0 atom stereocenters. The lowest BCUT2D eigenvalue weighted by atomic mass is 10.1. The van der Waals surface area contributed by atoms with Gasteiger partial charge in [0.15, 0.2) is 0 Å². The lowest BCUT2D eigenvalue weighted by Gasteiger charge is -1.90. The Morgan fingerprint density at radius 3 is 1.67 bits per heavy atom. The van der Waals surface area contributed by atoms with Crippen LogP contribution < -0.4 is 0 Å². The van der Waals surface area contributed by atoms with Crippen LogP contribution in [0.25, 0.3) is 0 Å². The maximum Gasteiger partial charge on any atom is 0.0245 e. The Morgan fingerprint density at radius 2 is 1.40 bits per heavy atom. The quantitative estimate of drug-likeness (QED) is 0.521. The third kappa shape index (κ3) is 12.8. The van der Waals surface area contributed by atoms with E-state index in [2.05, 4.69) is 5.92 Å². The van der Waals surface area contributed by atoms with Crippen molar-refractivity contribution in [3.8, 4) is 12.3 Å². The molecule has 0 amide bonds. The van der Waals surface area contributed by atoms with E-state index in [1.165, 1.54) is 5.56 Å². The van der Waals surface area contributed by atoms with Gasteiger partial charge in [-0.15, -0.1) is 6.42 Å². The second-order valence-corrected chi connectivity index (χ2v) is 2.01. The second kappa shape index (κ2) is 18.5. The number of rotatable bonds is 0. The van der Waals surface area contributed by atoms with E-state index in [-0.39, 0.29) is 0 Å². The van der Waals surface area contributed by atoms with Crippen molar-refractivity contribution in [1.82, 2.24) is 0 Å². The smallest absolute Gasteiger partial charge is 0.0245 e. The molecule has 0 aliphatic rings. The average Bonchev–Trinajstić information content (AvgIpc) is 2.36. The molecule has 0 radical (unpaired) electrons. The zero-order valence-corrected chi connectivity index (χ0v) is 11.4. The topological polar surface area (TPSA) is 0 Å². The summed E-state index contributed by atoms with van der Waals surface area (Å²) in [6.45, 7) is 14.0. The van der Waals surface area contributed by atoms with E-state index in [0.717, 1.165) is 5.56 Å². The molecule has 0 fully saturated rings. The molecule has 0 saturated heterocycles. The molecular weight excluding hydrogens is 180 g/mol. The SMILES string of the molecule is C#Cc1cccc(C)c1.CC.CC.CC. The molecule has 0 nitrogen and oxygen atoms in total. The third-order valence-corrected chi connectivity index (χ3v) is 1.18. The van der Waals surface area contributed by atoms with Crippen molar-refractivity contribution in [2.75, 3.05) is 0 Å². The predicted octanol–water partition coefficient (Wildman–Crippen LogP) is 5.05. The highest BCUT2D eigenvalue weighted by Gasteiger charge is 1.83. The first kappa shape index (κ1) is 19.4. The van der Waals surface area contributed by atoms with Crippen LogP contribution in [0.5, 0.6) is 0 Å². The minimum atomic E-state index is 0.954. The molecule has 0 heteroatoms. The summed E-state index contributed by atoms with van der Waals surface area (Å²) in [5, 5.41) is 0. The fraction of sp³-hybridized carbons (Fsp3) is 0.467. The zero-order chi connectivity index (χ0) is 12.7. The summed E-state index contributed by atoms with van der Waals surface area (Å²) in [7, 11) is 0. The summed E-state index contributed by atoms with van der Waals surface area (Å²) in [5.41, 5.74) is 2.17. The summed E-state index contributed by atoms with van der Waals surface area (Å²) < 4.78 is 0. The Balaban J connectivity index is -0.000000208.